The quantitative estimate of drug-likeness (QED) is 0.488. The molecule has 1 aromatic rings. The van der Waals surface area contributed by atoms with Gasteiger partial charge in [-0.3, -0.25) is 4.79 Å². The Labute approximate surface area is 168 Å². The molecule has 0 amide bonds. The summed E-state index contributed by atoms with van der Waals surface area (Å²) in [6.07, 6.45) is 13.2. The van der Waals surface area contributed by atoms with Gasteiger partial charge in [0.05, 0.1) is 0 Å². The Balaban J connectivity index is 1.48. The molecule has 4 aliphatic carbocycles. The Morgan fingerprint density at radius 2 is 1.82 bits per heavy atom. The molecular weight excluding hydrogens is 347 g/mol. The topological polar surface area (TPSA) is 17.1 Å². The van der Waals surface area contributed by atoms with Crippen LogP contribution in [0.2, 0.25) is 0 Å². The van der Waals surface area contributed by atoms with Crippen LogP contribution in [0.3, 0.4) is 0 Å². The third-order valence-corrected chi connectivity index (χ3v) is 9.46. The highest BCUT2D eigenvalue weighted by Gasteiger charge is 2.60. The number of benzene rings is 1. The third-order valence-electron chi connectivity index (χ3n) is 9.46. The zero-order chi connectivity index (χ0) is 19.5. The normalized spacial score (nSPS) is 44.1. The number of allylic oxidation sites excluding steroid dienone is 1. The summed E-state index contributed by atoms with van der Waals surface area (Å²) in [6.45, 7) is 4.79. The van der Waals surface area contributed by atoms with Crippen LogP contribution in [0.25, 0.3) is 6.08 Å². The molecule has 0 aliphatic heterocycles. The van der Waals surface area contributed by atoms with Crippen molar-refractivity contribution in [1.29, 1.82) is 0 Å². The van der Waals surface area contributed by atoms with E-state index in [-0.39, 0.29) is 11.2 Å². The summed E-state index contributed by atoms with van der Waals surface area (Å²) in [5.41, 5.74) is 1.70. The first-order chi connectivity index (χ1) is 13.4. The first-order valence-corrected chi connectivity index (χ1v) is 11.4. The van der Waals surface area contributed by atoms with Gasteiger partial charge in [-0.15, -0.1) is 0 Å². The van der Waals surface area contributed by atoms with Gasteiger partial charge in [0.2, 0.25) is 0 Å². The van der Waals surface area contributed by atoms with E-state index < -0.39 is 0 Å². The number of ketones is 1. The number of rotatable bonds is 1. The van der Waals surface area contributed by atoms with Crippen molar-refractivity contribution >= 4 is 11.9 Å². The van der Waals surface area contributed by atoms with Gasteiger partial charge in [0, 0.05) is 11.0 Å². The summed E-state index contributed by atoms with van der Waals surface area (Å²) in [6, 6.07) is 6.84. The van der Waals surface area contributed by atoms with E-state index in [1.165, 1.54) is 51.0 Å². The molecule has 4 saturated carbocycles. The zero-order valence-corrected chi connectivity index (χ0v) is 17.3. The van der Waals surface area contributed by atoms with Crippen LogP contribution in [0, 0.1) is 40.3 Å². The van der Waals surface area contributed by atoms with Crippen molar-refractivity contribution in [3.63, 3.8) is 0 Å². The van der Waals surface area contributed by atoms with E-state index in [4.69, 9.17) is 0 Å². The monoisotopic (exact) mass is 380 g/mol. The first-order valence-electron chi connectivity index (χ1n) is 11.4. The summed E-state index contributed by atoms with van der Waals surface area (Å²) in [7, 11) is 0. The summed E-state index contributed by atoms with van der Waals surface area (Å²) < 4.78 is 14.2. The van der Waals surface area contributed by atoms with Crippen LogP contribution in [0.15, 0.2) is 29.8 Å². The van der Waals surface area contributed by atoms with E-state index in [1.54, 1.807) is 12.1 Å². The van der Waals surface area contributed by atoms with Gasteiger partial charge in [0.25, 0.3) is 0 Å². The van der Waals surface area contributed by atoms with Crippen LogP contribution in [0.1, 0.15) is 77.2 Å². The van der Waals surface area contributed by atoms with E-state index in [0.29, 0.717) is 28.6 Å². The number of carbonyl (C=O) groups excluding carboxylic acids is 1. The Morgan fingerprint density at radius 1 is 1.00 bits per heavy atom. The van der Waals surface area contributed by atoms with Gasteiger partial charge in [0.1, 0.15) is 5.82 Å². The highest BCUT2D eigenvalue weighted by Crippen LogP contribution is 2.66. The first kappa shape index (κ1) is 18.6. The summed E-state index contributed by atoms with van der Waals surface area (Å²) in [4.78, 5) is 13.4. The molecule has 0 aromatic heterocycles. The van der Waals surface area contributed by atoms with Crippen LogP contribution >= 0.6 is 0 Å². The minimum Gasteiger partial charge on any atom is -0.294 e. The number of carbonyl (C=O) groups is 1. The lowest BCUT2D eigenvalue weighted by Gasteiger charge is -2.59. The second-order valence-electron chi connectivity index (χ2n) is 10.6. The molecular formula is C26H33FO. The molecule has 6 unspecified atom stereocenters. The SMILES string of the molecule is CC12CCC3C(CCC4CCCCC43C)C1CC(=Cc1ccccc1F)C2=O. The lowest BCUT2D eigenvalue weighted by Crippen LogP contribution is -2.52. The Hall–Kier alpha value is -1.44. The number of hydrogen-bond acceptors (Lipinski definition) is 1. The van der Waals surface area contributed by atoms with Crippen molar-refractivity contribution in [1.82, 2.24) is 0 Å². The van der Waals surface area contributed by atoms with Crippen molar-refractivity contribution in [3.8, 4) is 0 Å². The Morgan fingerprint density at radius 3 is 2.64 bits per heavy atom. The molecule has 2 heteroatoms. The summed E-state index contributed by atoms with van der Waals surface area (Å²) in [5, 5.41) is 0. The molecule has 0 radical (unpaired) electrons. The predicted octanol–water partition coefficient (Wildman–Crippen LogP) is 6.82. The average molecular weight is 381 g/mol. The predicted molar refractivity (Wildman–Crippen MR) is 111 cm³/mol. The third kappa shape index (κ3) is 2.59. The smallest absolute Gasteiger partial charge is 0.165 e. The van der Waals surface area contributed by atoms with Gasteiger partial charge >= 0.3 is 0 Å². The molecule has 150 valence electrons. The van der Waals surface area contributed by atoms with Crippen molar-refractivity contribution in [2.75, 3.05) is 0 Å². The molecule has 6 atom stereocenters. The molecule has 4 aliphatic rings. The van der Waals surface area contributed by atoms with E-state index in [2.05, 4.69) is 13.8 Å². The molecule has 0 N–H and O–H groups in total. The average Bonchev–Trinajstić information content (AvgIpc) is 2.94. The molecule has 4 fully saturated rings. The number of hydrogen-bond donors (Lipinski definition) is 0. The van der Waals surface area contributed by atoms with E-state index in [9.17, 15) is 9.18 Å². The van der Waals surface area contributed by atoms with E-state index >= 15 is 0 Å². The summed E-state index contributed by atoms with van der Waals surface area (Å²) >= 11 is 0. The Kier molecular flexibility index (Phi) is 4.34. The van der Waals surface area contributed by atoms with Crippen molar-refractivity contribution < 1.29 is 9.18 Å². The van der Waals surface area contributed by atoms with Crippen LogP contribution in [-0.2, 0) is 4.79 Å². The fourth-order valence-electron chi connectivity index (χ4n) is 7.87. The number of Topliss-reactive ketones (excluding diaryl/α,β-unsaturated/α-hetero) is 1. The number of fused-ring (bicyclic) bond motifs is 5. The fraction of sp³-hybridized carbons (Fsp3) is 0.654. The van der Waals surface area contributed by atoms with E-state index in [0.717, 1.165) is 30.3 Å². The molecule has 1 nitrogen and oxygen atoms in total. The van der Waals surface area contributed by atoms with Gasteiger partial charge in [-0.05, 0) is 91.7 Å². The molecule has 0 saturated heterocycles. The van der Waals surface area contributed by atoms with Gasteiger partial charge in [0.15, 0.2) is 5.78 Å². The van der Waals surface area contributed by atoms with Gasteiger partial charge < -0.3 is 0 Å². The maximum Gasteiger partial charge on any atom is 0.165 e. The van der Waals surface area contributed by atoms with Gasteiger partial charge in [-0.25, -0.2) is 4.39 Å². The van der Waals surface area contributed by atoms with Gasteiger partial charge in [-0.2, -0.15) is 0 Å². The van der Waals surface area contributed by atoms with Crippen molar-refractivity contribution in [2.24, 2.45) is 34.5 Å². The highest BCUT2D eigenvalue weighted by atomic mass is 19.1. The van der Waals surface area contributed by atoms with Crippen LogP contribution in [-0.4, -0.2) is 5.78 Å². The minimum atomic E-state index is -0.226. The zero-order valence-electron chi connectivity index (χ0n) is 17.3. The fourth-order valence-corrected chi connectivity index (χ4v) is 7.87. The Bertz CT molecular complexity index is 825. The molecule has 1 aromatic carbocycles. The lowest BCUT2D eigenvalue weighted by molar-refractivity contribution is -0.137. The van der Waals surface area contributed by atoms with Crippen molar-refractivity contribution in [2.45, 2.75) is 71.6 Å². The van der Waals surface area contributed by atoms with Crippen LogP contribution in [0.4, 0.5) is 4.39 Å². The summed E-state index contributed by atoms with van der Waals surface area (Å²) in [5.74, 6) is 2.89. The second kappa shape index (κ2) is 6.54. The maximum atomic E-state index is 14.2. The lowest BCUT2D eigenvalue weighted by atomic mass is 9.45. The van der Waals surface area contributed by atoms with Crippen LogP contribution < -0.4 is 0 Å². The molecule has 5 rings (SSSR count). The van der Waals surface area contributed by atoms with E-state index in [1.807, 2.05) is 12.1 Å². The number of halogens is 1. The highest BCUT2D eigenvalue weighted by molar-refractivity contribution is 6.05. The molecule has 0 heterocycles. The molecule has 0 bridgehead atoms. The second-order valence-corrected chi connectivity index (χ2v) is 10.6. The molecule has 28 heavy (non-hydrogen) atoms. The maximum absolute atomic E-state index is 14.2. The standard InChI is InChI=1S/C26H33FO/c1-25-13-6-5-8-19(25)10-11-20-21(25)12-14-26(2)22(20)16-18(24(26)28)15-17-7-3-4-9-23(17)27/h3-4,7,9,15,19-22H,5-6,8,10-14,16H2,1-2H3. The van der Waals surface area contributed by atoms with Crippen LogP contribution in [0.5, 0.6) is 0 Å². The van der Waals surface area contributed by atoms with Crippen molar-refractivity contribution in [3.05, 3.63) is 41.2 Å². The molecule has 0 spiro atoms. The largest absolute Gasteiger partial charge is 0.294 e. The van der Waals surface area contributed by atoms with Gasteiger partial charge in [-0.1, -0.05) is 44.9 Å². The minimum absolute atomic E-state index is 0.226.